The van der Waals surface area contributed by atoms with Crippen LogP contribution in [0.15, 0.2) is 27.6 Å². The summed E-state index contributed by atoms with van der Waals surface area (Å²) >= 11 is 8.93. The number of hydrogen-bond donors (Lipinski definition) is 1. The third-order valence-electron chi connectivity index (χ3n) is 2.34. The molecule has 1 fully saturated rings. The van der Waals surface area contributed by atoms with Crippen LogP contribution in [0.1, 0.15) is 18.4 Å². The summed E-state index contributed by atoms with van der Waals surface area (Å²) < 4.78 is 27.0. The van der Waals surface area contributed by atoms with Gasteiger partial charge >= 0.3 is 0 Å². The van der Waals surface area contributed by atoms with Crippen LogP contribution in [-0.2, 0) is 15.9 Å². The first-order valence-corrected chi connectivity index (χ1v) is 7.71. The van der Waals surface area contributed by atoms with E-state index in [4.69, 9.17) is 11.6 Å². The van der Waals surface area contributed by atoms with Gasteiger partial charge in [0, 0.05) is 16.4 Å². The van der Waals surface area contributed by atoms with Crippen molar-refractivity contribution in [1.29, 1.82) is 0 Å². The van der Waals surface area contributed by atoms with E-state index in [9.17, 15) is 8.42 Å². The zero-order valence-corrected chi connectivity index (χ0v) is 11.6. The standard InChI is InChI=1S/C10H11BrClNO2S/c11-9-5-7(6-12)1-4-10(9)16(14,15)13-8-2-3-8/h1,4-5,8,13H,2-3,6H2. The fraction of sp³-hybridized carbons (Fsp3) is 0.400. The lowest BCUT2D eigenvalue weighted by Crippen LogP contribution is -2.26. The average molecular weight is 325 g/mol. The van der Waals surface area contributed by atoms with Crippen LogP contribution in [0.4, 0.5) is 0 Å². The van der Waals surface area contributed by atoms with Gasteiger partial charge in [-0.25, -0.2) is 13.1 Å². The maximum Gasteiger partial charge on any atom is 0.241 e. The van der Waals surface area contributed by atoms with Crippen LogP contribution in [0.3, 0.4) is 0 Å². The Morgan fingerprint density at radius 3 is 2.62 bits per heavy atom. The number of nitrogens with one attached hydrogen (secondary N) is 1. The molecule has 3 nitrogen and oxygen atoms in total. The summed E-state index contributed by atoms with van der Waals surface area (Å²) in [4.78, 5) is 0.272. The van der Waals surface area contributed by atoms with E-state index < -0.39 is 10.0 Å². The summed E-state index contributed by atoms with van der Waals surface area (Å²) in [7, 11) is -3.39. The van der Waals surface area contributed by atoms with Gasteiger partial charge in [0.1, 0.15) is 0 Å². The quantitative estimate of drug-likeness (QED) is 0.866. The normalized spacial score (nSPS) is 16.4. The predicted molar refractivity (Wildman–Crippen MR) is 67.0 cm³/mol. The molecule has 1 aromatic rings. The van der Waals surface area contributed by atoms with Gasteiger partial charge in [0.25, 0.3) is 0 Å². The molecule has 0 aromatic heterocycles. The minimum atomic E-state index is -3.39. The summed E-state index contributed by atoms with van der Waals surface area (Å²) in [6, 6.07) is 5.14. The molecule has 2 rings (SSSR count). The van der Waals surface area contributed by atoms with Crippen molar-refractivity contribution >= 4 is 37.6 Å². The van der Waals surface area contributed by atoms with E-state index in [2.05, 4.69) is 20.7 Å². The molecule has 88 valence electrons. The van der Waals surface area contributed by atoms with Crippen molar-refractivity contribution < 1.29 is 8.42 Å². The Bertz CT molecular complexity index is 500. The summed E-state index contributed by atoms with van der Waals surface area (Å²) in [5, 5.41) is 0. The van der Waals surface area contributed by atoms with Gasteiger partial charge in [-0.2, -0.15) is 0 Å². The summed E-state index contributed by atoms with van der Waals surface area (Å²) in [5.74, 6) is 0.370. The van der Waals surface area contributed by atoms with Gasteiger partial charge in [-0.3, -0.25) is 0 Å². The van der Waals surface area contributed by atoms with Gasteiger partial charge in [-0.15, -0.1) is 11.6 Å². The average Bonchev–Trinajstić information content (AvgIpc) is 3.00. The fourth-order valence-electron chi connectivity index (χ4n) is 1.33. The Kier molecular flexibility index (Phi) is 3.59. The smallest absolute Gasteiger partial charge is 0.208 e. The molecule has 1 aliphatic rings. The van der Waals surface area contributed by atoms with E-state index >= 15 is 0 Å². The zero-order chi connectivity index (χ0) is 11.8. The summed E-state index contributed by atoms with van der Waals surface area (Å²) in [5.41, 5.74) is 0.888. The highest BCUT2D eigenvalue weighted by Gasteiger charge is 2.28. The minimum absolute atomic E-state index is 0.115. The second-order valence-electron chi connectivity index (χ2n) is 3.79. The molecule has 0 heterocycles. The lowest BCUT2D eigenvalue weighted by atomic mass is 10.2. The largest absolute Gasteiger partial charge is 0.241 e. The first-order chi connectivity index (χ1) is 7.53. The van der Waals surface area contributed by atoms with E-state index in [0.29, 0.717) is 10.4 Å². The van der Waals surface area contributed by atoms with Crippen LogP contribution in [0.25, 0.3) is 0 Å². The summed E-state index contributed by atoms with van der Waals surface area (Å²) in [6.07, 6.45) is 1.85. The van der Waals surface area contributed by atoms with Crippen LogP contribution < -0.4 is 4.72 Å². The van der Waals surface area contributed by atoms with E-state index in [0.717, 1.165) is 18.4 Å². The SMILES string of the molecule is O=S(=O)(NC1CC1)c1ccc(CCl)cc1Br. The van der Waals surface area contributed by atoms with Crippen molar-refractivity contribution in [2.75, 3.05) is 0 Å². The van der Waals surface area contributed by atoms with Gasteiger partial charge in [0.2, 0.25) is 10.0 Å². The Hall–Kier alpha value is -0.100. The summed E-state index contributed by atoms with van der Waals surface area (Å²) in [6.45, 7) is 0. The molecule has 16 heavy (non-hydrogen) atoms. The molecule has 0 aliphatic heterocycles. The molecule has 0 saturated heterocycles. The third-order valence-corrected chi connectivity index (χ3v) is 5.15. The van der Waals surface area contributed by atoms with Crippen molar-refractivity contribution in [2.45, 2.75) is 29.7 Å². The van der Waals surface area contributed by atoms with E-state index in [-0.39, 0.29) is 10.9 Å². The Labute approximate surface area is 108 Å². The molecule has 1 aromatic carbocycles. The van der Waals surface area contributed by atoms with Crippen LogP contribution in [0.5, 0.6) is 0 Å². The molecular formula is C10H11BrClNO2S. The first-order valence-electron chi connectivity index (χ1n) is 4.89. The zero-order valence-electron chi connectivity index (χ0n) is 8.41. The first kappa shape index (κ1) is 12.4. The molecule has 1 aliphatic carbocycles. The molecule has 1 N–H and O–H groups in total. The van der Waals surface area contributed by atoms with Crippen molar-refractivity contribution in [2.24, 2.45) is 0 Å². The molecular weight excluding hydrogens is 314 g/mol. The van der Waals surface area contributed by atoms with Crippen LogP contribution in [0.2, 0.25) is 0 Å². The van der Waals surface area contributed by atoms with Crippen molar-refractivity contribution in [1.82, 2.24) is 4.72 Å². The topological polar surface area (TPSA) is 46.2 Å². The second-order valence-corrected chi connectivity index (χ2v) is 6.60. The number of sulfonamides is 1. The Morgan fingerprint density at radius 1 is 1.44 bits per heavy atom. The Morgan fingerprint density at radius 2 is 2.12 bits per heavy atom. The van der Waals surface area contributed by atoms with Gasteiger partial charge in [-0.05, 0) is 46.5 Å². The van der Waals surface area contributed by atoms with Crippen LogP contribution in [-0.4, -0.2) is 14.5 Å². The van der Waals surface area contributed by atoms with Gasteiger partial charge < -0.3 is 0 Å². The molecule has 0 unspecified atom stereocenters. The van der Waals surface area contributed by atoms with E-state index in [1.54, 1.807) is 18.2 Å². The third kappa shape index (κ3) is 2.77. The highest BCUT2D eigenvalue weighted by molar-refractivity contribution is 9.10. The lowest BCUT2D eigenvalue weighted by Gasteiger charge is -2.08. The highest BCUT2D eigenvalue weighted by atomic mass is 79.9. The predicted octanol–water partition coefficient (Wildman–Crippen LogP) is 2.63. The van der Waals surface area contributed by atoms with Crippen LogP contribution >= 0.6 is 27.5 Å². The van der Waals surface area contributed by atoms with Gasteiger partial charge in [0.05, 0.1) is 4.90 Å². The van der Waals surface area contributed by atoms with Gasteiger partial charge in [-0.1, -0.05) is 6.07 Å². The molecule has 1 saturated carbocycles. The second kappa shape index (κ2) is 4.64. The number of alkyl halides is 1. The molecule has 0 radical (unpaired) electrons. The van der Waals surface area contributed by atoms with E-state index in [1.165, 1.54) is 0 Å². The van der Waals surface area contributed by atoms with Crippen LogP contribution in [0, 0.1) is 0 Å². The molecule has 0 bridgehead atoms. The number of benzene rings is 1. The molecule has 6 heteroatoms. The number of halogens is 2. The molecule has 0 atom stereocenters. The Balaban J connectivity index is 2.31. The van der Waals surface area contributed by atoms with E-state index in [1.807, 2.05) is 0 Å². The fourth-order valence-corrected chi connectivity index (χ4v) is 3.93. The van der Waals surface area contributed by atoms with Crippen molar-refractivity contribution in [3.05, 3.63) is 28.2 Å². The maximum absolute atomic E-state index is 11.9. The number of hydrogen-bond acceptors (Lipinski definition) is 2. The monoisotopic (exact) mass is 323 g/mol. The minimum Gasteiger partial charge on any atom is -0.208 e. The number of rotatable bonds is 4. The van der Waals surface area contributed by atoms with Gasteiger partial charge in [0.15, 0.2) is 0 Å². The molecule has 0 amide bonds. The molecule has 0 spiro atoms. The van der Waals surface area contributed by atoms with Crippen molar-refractivity contribution in [3.8, 4) is 0 Å². The maximum atomic E-state index is 11.9. The van der Waals surface area contributed by atoms with Crippen molar-refractivity contribution in [3.63, 3.8) is 0 Å². The highest BCUT2D eigenvalue weighted by Crippen LogP contribution is 2.27. The lowest BCUT2D eigenvalue weighted by molar-refractivity contribution is 0.580.